The van der Waals surface area contributed by atoms with E-state index in [-0.39, 0.29) is 0 Å². The van der Waals surface area contributed by atoms with Crippen molar-refractivity contribution >= 4 is 0 Å². The van der Waals surface area contributed by atoms with Gasteiger partial charge in [0.05, 0.1) is 6.61 Å². The van der Waals surface area contributed by atoms with Crippen molar-refractivity contribution in [2.45, 2.75) is 39.2 Å². The maximum absolute atomic E-state index is 5.77. The molecule has 1 fully saturated rings. The first-order valence-electron chi connectivity index (χ1n) is 6.53. The van der Waals surface area contributed by atoms with E-state index in [1.165, 1.54) is 31.2 Å². The van der Waals surface area contributed by atoms with E-state index >= 15 is 0 Å². The zero-order valence-corrected chi connectivity index (χ0v) is 10.8. The third-order valence-electron chi connectivity index (χ3n) is 3.48. The van der Waals surface area contributed by atoms with Gasteiger partial charge in [-0.1, -0.05) is 18.9 Å². The number of nitrogens with zero attached hydrogens (tertiary/aromatic N) is 1. The second-order valence-electron chi connectivity index (χ2n) is 4.89. The minimum atomic E-state index is 0.745. The van der Waals surface area contributed by atoms with Gasteiger partial charge in [0.1, 0.15) is 0 Å². The van der Waals surface area contributed by atoms with Gasteiger partial charge in [-0.15, -0.1) is 0 Å². The fraction of sp³-hybridized carbons (Fsp3) is 0.643. The summed E-state index contributed by atoms with van der Waals surface area (Å²) < 4.78 is 5.77. The van der Waals surface area contributed by atoms with Gasteiger partial charge in [-0.05, 0) is 38.3 Å². The molecule has 1 aliphatic carbocycles. The summed E-state index contributed by atoms with van der Waals surface area (Å²) in [5.74, 6) is 1.52. The van der Waals surface area contributed by atoms with Gasteiger partial charge in [0.2, 0.25) is 5.88 Å². The minimum Gasteiger partial charge on any atom is -0.477 e. The monoisotopic (exact) mass is 234 g/mol. The number of aryl methyl sites for hydroxylation is 1. The lowest BCUT2D eigenvalue weighted by atomic mass is 10.1. The summed E-state index contributed by atoms with van der Waals surface area (Å²) in [5, 5.41) is 3.14. The van der Waals surface area contributed by atoms with Crippen LogP contribution in [0.2, 0.25) is 0 Å². The summed E-state index contributed by atoms with van der Waals surface area (Å²) in [7, 11) is 1.95. The van der Waals surface area contributed by atoms with Crippen LogP contribution in [-0.2, 0) is 6.54 Å². The Morgan fingerprint density at radius 2 is 2.12 bits per heavy atom. The lowest BCUT2D eigenvalue weighted by Crippen LogP contribution is -2.11. The Labute approximate surface area is 104 Å². The van der Waals surface area contributed by atoms with Crippen molar-refractivity contribution in [3.8, 4) is 5.88 Å². The standard InChI is InChI=1S/C14H22N2O/c1-11-13(9-15-2)7-8-14(16-11)17-10-12-5-3-4-6-12/h7-8,12,15H,3-6,9-10H2,1-2H3. The normalized spacial score (nSPS) is 16.4. The van der Waals surface area contributed by atoms with Gasteiger partial charge in [0, 0.05) is 18.3 Å². The van der Waals surface area contributed by atoms with Crippen LogP contribution in [0.5, 0.6) is 5.88 Å². The van der Waals surface area contributed by atoms with Gasteiger partial charge in [-0.25, -0.2) is 4.98 Å². The lowest BCUT2D eigenvalue weighted by molar-refractivity contribution is 0.243. The average molecular weight is 234 g/mol. The molecule has 0 atom stereocenters. The Morgan fingerprint density at radius 1 is 1.35 bits per heavy atom. The SMILES string of the molecule is CNCc1ccc(OCC2CCCC2)nc1C. The fourth-order valence-corrected chi connectivity index (χ4v) is 2.40. The number of hydrogen-bond acceptors (Lipinski definition) is 3. The van der Waals surface area contributed by atoms with Gasteiger partial charge < -0.3 is 10.1 Å². The number of pyridine rings is 1. The van der Waals surface area contributed by atoms with E-state index in [9.17, 15) is 0 Å². The molecule has 1 N–H and O–H groups in total. The third kappa shape index (κ3) is 3.43. The van der Waals surface area contributed by atoms with E-state index in [1.807, 2.05) is 20.0 Å². The van der Waals surface area contributed by atoms with Crippen molar-refractivity contribution in [1.82, 2.24) is 10.3 Å². The van der Waals surface area contributed by atoms with Crippen molar-refractivity contribution in [2.75, 3.05) is 13.7 Å². The molecule has 1 saturated carbocycles. The van der Waals surface area contributed by atoms with Gasteiger partial charge in [0.25, 0.3) is 0 Å². The Balaban J connectivity index is 1.90. The van der Waals surface area contributed by atoms with Crippen LogP contribution in [0.3, 0.4) is 0 Å². The van der Waals surface area contributed by atoms with E-state index in [2.05, 4.69) is 16.4 Å². The molecule has 2 rings (SSSR count). The topological polar surface area (TPSA) is 34.1 Å². The maximum atomic E-state index is 5.77. The molecule has 0 bridgehead atoms. The molecule has 17 heavy (non-hydrogen) atoms. The predicted molar refractivity (Wildman–Crippen MR) is 69.2 cm³/mol. The van der Waals surface area contributed by atoms with E-state index in [4.69, 9.17) is 4.74 Å². The number of hydrogen-bond donors (Lipinski definition) is 1. The van der Waals surface area contributed by atoms with Gasteiger partial charge in [-0.3, -0.25) is 0 Å². The van der Waals surface area contributed by atoms with E-state index < -0.39 is 0 Å². The summed E-state index contributed by atoms with van der Waals surface area (Å²) in [6.07, 6.45) is 5.36. The highest BCUT2D eigenvalue weighted by atomic mass is 16.5. The molecule has 1 heterocycles. The van der Waals surface area contributed by atoms with Crippen molar-refractivity contribution < 1.29 is 4.74 Å². The molecule has 0 saturated heterocycles. The first kappa shape index (κ1) is 12.4. The van der Waals surface area contributed by atoms with Crippen LogP contribution in [-0.4, -0.2) is 18.6 Å². The number of aromatic nitrogens is 1. The van der Waals surface area contributed by atoms with Gasteiger partial charge >= 0.3 is 0 Å². The molecular weight excluding hydrogens is 212 g/mol. The second kappa shape index (κ2) is 6.01. The Morgan fingerprint density at radius 3 is 2.76 bits per heavy atom. The van der Waals surface area contributed by atoms with Crippen molar-refractivity contribution in [2.24, 2.45) is 5.92 Å². The van der Waals surface area contributed by atoms with Crippen molar-refractivity contribution in [1.29, 1.82) is 0 Å². The molecule has 1 aromatic rings. The van der Waals surface area contributed by atoms with Crippen LogP contribution in [0.1, 0.15) is 36.9 Å². The van der Waals surface area contributed by atoms with Crippen LogP contribution in [0.15, 0.2) is 12.1 Å². The van der Waals surface area contributed by atoms with Crippen LogP contribution in [0.4, 0.5) is 0 Å². The number of nitrogens with one attached hydrogen (secondary N) is 1. The summed E-state index contributed by atoms with van der Waals surface area (Å²) in [6, 6.07) is 4.08. The molecule has 94 valence electrons. The minimum absolute atomic E-state index is 0.745. The van der Waals surface area contributed by atoms with Crippen LogP contribution < -0.4 is 10.1 Å². The Hall–Kier alpha value is -1.09. The maximum Gasteiger partial charge on any atom is 0.213 e. The van der Waals surface area contributed by atoms with Gasteiger partial charge in [0.15, 0.2) is 0 Å². The molecule has 0 radical (unpaired) electrons. The summed E-state index contributed by atoms with van der Waals surface area (Å²) in [6.45, 7) is 3.73. The third-order valence-corrected chi connectivity index (χ3v) is 3.48. The number of ether oxygens (including phenoxy) is 1. The zero-order chi connectivity index (χ0) is 12.1. The first-order valence-corrected chi connectivity index (χ1v) is 6.53. The highest BCUT2D eigenvalue weighted by Crippen LogP contribution is 2.25. The van der Waals surface area contributed by atoms with E-state index in [1.54, 1.807) is 0 Å². The van der Waals surface area contributed by atoms with Crippen LogP contribution in [0, 0.1) is 12.8 Å². The average Bonchev–Trinajstić information content (AvgIpc) is 2.83. The summed E-state index contributed by atoms with van der Waals surface area (Å²) >= 11 is 0. The fourth-order valence-electron chi connectivity index (χ4n) is 2.40. The highest BCUT2D eigenvalue weighted by molar-refractivity contribution is 5.24. The smallest absolute Gasteiger partial charge is 0.213 e. The Bertz CT molecular complexity index is 359. The summed E-state index contributed by atoms with van der Waals surface area (Å²) in [4.78, 5) is 4.49. The van der Waals surface area contributed by atoms with Crippen molar-refractivity contribution in [3.63, 3.8) is 0 Å². The highest BCUT2D eigenvalue weighted by Gasteiger charge is 2.15. The van der Waals surface area contributed by atoms with Gasteiger partial charge in [-0.2, -0.15) is 0 Å². The quantitative estimate of drug-likeness (QED) is 0.850. The largest absolute Gasteiger partial charge is 0.477 e. The molecule has 3 nitrogen and oxygen atoms in total. The Kier molecular flexibility index (Phi) is 4.37. The zero-order valence-electron chi connectivity index (χ0n) is 10.8. The molecular formula is C14H22N2O. The van der Waals surface area contributed by atoms with Crippen LogP contribution in [0.25, 0.3) is 0 Å². The predicted octanol–water partition coefficient (Wildman–Crippen LogP) is 2.68. The molecule has 0 spiro atoms. The second-order valence-corrected chi connectivity index (χ2v) is 4.89. The molecule has 3 heteroatoms. The number of rotatable bonds is 5. The molecule has 0 amide bonds. The van der Waals surface area contributed by atoms with E-state index in [0.717, 1.165) is 30.6 Å². The molecule has 0 aliphatic heterocycles. The van der Waals surface area contributed by atoms with Crippen LogP contribution >= 0.6 is 0 Å². The molecule has 1 aromatic heterocycles. The lowest BCUT2D eigenvalue weighted by Gasteiger charge is -2.12. The molecule has 1 aliphatic rings. The summed E-state index contributed by atoms with van der Waals surface area (Å²) in [5.41, 5.74) is 2.30. The molecule has 0 unspecified atom stereocenters. The van der Waals surface area contributed by atoms with E-state index in [0.29, 0.717) is 0 Å². The molecule has 0 aromatic carbocycles. The van der Waals surface area contributed by atoms with Crippen molar-refractivity contribution in [3.05, 3.63) is 23.4 Å². The first-order chi connectivity index (χ1) is 8.29.